The van der Waals surface area contributed by atoms with Gasteiger partial charge < -0.3 is 0 Å². The number of hydrogen-bond donors (Lipinski definition) is 1. The molecule has 0 radical (unpaired) electrons. The molecule has 1 saturated carbocycles. The standard InChI is InChI=1S/C25H23BrN2O/c1-17-5-3-7-20(13-17)25(21-8-4-6-18(2)14-21)15-23(25)24(29)28-27-16-19-9-11-22(26)12-10-19/h3-14,16,23H,15H2,1-2H3,(H,28,29)/b27-16+/t23-/m0/s1. The van der Waals surface area contributed by atoms with E-state index in [0.29, 0.717) is 0 Å². The number of rotatable bonds is 5. The van der Waals surface area contributed by atoms with Crippen LogP contribution in [0.25, 0.3) is 0 Å². The number of amides is 1. The van der Waals surface area contributed by atoms with Crippen LogP contribution in [0.15, 0.2) is 82.4 Å². The number of hydrogen-bond acceptors (Lipinski definition) is 2. The van der Waals surface area contributed by atoms with E-state index in [0.717, 1.165) is 16.5 Å². The van der Waals surface area contributed by atoms with Gasteiger partial charge in [0.2, 0.25) is 5.91 Å². The van der Waals surface area contributed by atoms with Crippen LogP contribution in [-0.4, -0.2) is 12.1 Å². The molecule has 1 atom stereocenters. The predicted molar refractivity (Wildman–Crippen MR) is 121 cm³/mol. The van der Waals surface area contributed by atoms with Gasteiger partial charge in [-0.25, -0.2) is 5.43 Å². The first-order valence-corrected chi connectivity index (χ1v) is 10.5. The molecule has 0 heterocycles. The van der Waals surface area contributed by atoms with Crippen LogP contribution in [0.5, 0.6) is 0 Å². The number of halogens is 1. The van der Waals surface area contributed by atoms with Crippen molar-refractivity contribution < 1.29 is 4.79 Å². The van der Waals surface area contributed by atoms with Gasteiger partial charge in [0.25, 0.3) is 0 Å². The number of carbonyl (C=O) groups is 1. The van der Waals surface area contributed by atoms with Crippen molar-refractivity contribution in [1.29, 1.82) is 0 Å². The molecule has 0 bridgehead atoms. The molecule has 3 aromatic rings. The van der Waals surface area contributed by atoms with Crippen molar-refractivity contribution in [3.8, 4) is 0 Å². The zero-order valence-corrected chi connectivity index (χ0v) is 18.1. The van der Waals surface area contributed by atoms with Crippen molar-refractivity contribution in [2.45, 2.75) is 25.7 Å². The summed E-state index contributed by atoms with van der Waals surface area (Å²) >= 11 is 3.42. The van der Waals surface area contributed by atoms with Crippen molar-refractivity contribution in [3.05, 3.63) is 105 Å². The maximum atomic E-state index is 12.9. The van der Waals surface area contributed by atoms with Crippen molar-refractivity contribution in [3.63, 3.8) is 0 Å². The van der Waals surface area contributed by atoms with Crippen LogP contribution in [0.2, 0.25) is 0 Å². The number of carbonyl (C=O) groups excluding carboxylic acids is 1. The number of benzene rings is 3. The summed E-state index contributed by atoms with van der Waals surface area (Å²) in [5.74, 6) is -0.172. The molecule has 1 fully saturated rings. The minimum Gasteiger partial charge on any atom is -0.273 e. The quantitative estimate of drug-likeness (QED) is 0.406. The lowest BCUT2D eigenvalue weighted by Crippen LogP contribution is -2.25. The van der Waals surface area contributed by atoms with Gasteiger partial charge in [-0.15, -0.1) is 0 Å². The first-order chi connectivity index (χ1) is 14.0. The summed E-state index contributed by atoms with van der Waals surface area (Å²) in [5, 5.41) is 4.18. The van der Waals surface area contributed by atoms with E-state index in [4.69, 9.17) is 0 Å². The normalized spacial score (nSPS) is 17.3. The number of aryl methyl sites for hydroxylation is 2. The van der Waals surface area contributed by atoms with E-state index >= 15 is 0 Å². The van der Waals surface area contributed by atoms with E-state index in [2.05, 4.69) is 88.8 Å². The second kappa shape index (κ2) is 7.96. The van der Waals surface area contributed by atoms with Crippen molar-refractivity contribution in [2.24, 2.45) is 11.0 Å². The molecule has 3 nitrogen and oxygen atoms in total. The lowest BCUT2D eigenvalue weighted by molar-refractivity contribution is -0.122. The number of hydrazone groups is 1. The Hall–Kier alpha value is -2.72. The average Bonchev–Trinajstić information content (AvgIpc) is 3.47. The van der Waals surface area contributed by atoms with Gasteiger partial charge in [0.15, 0.2) is 0 Å². The number of nitrogens with one attached hydrogen (secondary N) is 1. The number of nitrogens with zero attached hydrogens (tertiary/aromatic N) is 1. The van der Waals surface area contributed by atoms with Crippen LogP contribution >= 0.6 is 15.9 Å². The van der Waals surface area contributed by atoms with Gasteiger partial charge in [-0.2, -0.15) is 5.10 Å². The topological polar surface area (TPSA) is 41.5 Å². The maximum Gasteiger partial charge on any atom is 0.244 e. The Balaban J connectivity index is 1.58. The fourth-order valence-electron chi connectivity index (χ4n) is 4.03. The summed E-state index contributed by atoms with van der Waals surface area (Å²) in [6.07, 6.45) is 2.47. The van der Waals surface area contributed by atoms with E-state index in [-0.39, 0.29) is 17.2 Å². The van der Waals surface area contributed by atoms with E-state index in [1.165, 1.54) is 22.3 Å². The highest BCUT2D eigenvalue weighted by molar-refractivity contribution is 9.10. The fourth-order valence-corrected chi connectivity index (χ4v) is 4.29. The Morgan fingerprint density at radius 1 is 1.00 bits per heavy atom. The predicted octanol–water partition coefficient (Wildman–Crippen LogP) is 5.52. The molecule has 0 spiro atoms. The van der Waals surface area contributed by atoms with Crippen LogP contribution in [0.3, 0.4) is 0 Å². The lowest BCUT2D eigenvalue weighted by Gasteiger charge is -2.19. The molecule has 1 aliphatic rings. The summed E-state index contributed by atoms with van der Waals surface area (Å²) in [4.78, 5) is 12.9. The Bertz CT molecular complexity index is 1030. The molecule has 1 amide bonds. The summed E-state index contributed by atoms with van der Waals surface area (Å²) in [6, 6.07) is 24.8. The van der Waals surface area contributed by atoms with Crippen molar-refractivity contribution in [2.75, 3.05) is 0 Å². The molecule has 146 valence electrons. The summed E-state index contributed by atoms with van der Waals surface area (Å²) in [6.45, 7) is 4.18. The molecular formula is C25H23BrN2O. The smallest absolute Gasteiger partial charge is 0.244 e. The van der Waals surface area contributed by atoms with Gasteiger partial charge in [-0.3, -0.25) is 4.79 Å². The van der Waals surface area contributed by atoms with Crippen molar-refractivity contribution in [1.82, 2.24) is 5.43 Å². The second-order valence-corrected chi connectivity index (χ2v) is 8.67. The highest BCUT2D eigenvalue weighted by Gasteiger charge is 2.60. The highest BCUT2D eigenvalue weighted by Crippen LogP contribution is 2.59. The molecule has 0 saturated heterocycles. The average molecular weight is 447 g/mol. The van der Waals surface area contributed by atoms with Gasteiger partial charge in [0.1, 0.15) is 0 Å². The van der Waals surface area contributed by atoms with Crippen LogP contribution in [0.4, 0.5) is 0 Å². The third kappa shape index (κ3) is 4.03. The Morgan fingerprint density at radius 2 is 1.59 bits per heavy atom. The zero-order chi connectivity index (χ0) is 20.4. The molecule has 3 aromatic carbocycles. The fraction of sp³-hybridized carbons (Fsp3) is 0.200. The highest BCUT2D eigenvalue weighted by atomic mass is 79.9. The van der Waals surface area contributed by atoms with E-state index in [1.54, 1.807) is 6.21 Å². The third-order valence-corrected chi connectivity index (χ3v) is 6.13. The largest absolute Gasteiger partial charge is 0.273 e. The molecule has 0 unspecified atom stereocenters. The first kappa shape index (κ1) is 19.6. The van der Waals surface area contributed by atoms with E-state index < -0.39 is 0 Å². The Labute approximate surface area is 180 Å². The van der Waals surface area contributed by atoms with Gasteiger partial charge in [0.05, 0.1) is 12.1 Å². The third-order valence-electron chi connectivity index (χ3n) is 5.60. The van der Waals surface area contributed by atoms with Gasteiger partial charge >= 0.3 is 0 Å². The second-order valence-electron chi connectivity index (χ2n) is 7.75. The molecule has 4 rings (SSSR count). The molecule has 0 aliphatic heterocycles. The molecule has 1 N–H and O–H groups in total. The van der Waals surface area contributed by atoms with Crippen LogP contribution < -0.4 is 5.43 Å². The molecule has 29 heavy (non-hydrogen) atoms. The monoisotopic (exact) mass is 446 g/mol. The summed E-state index contributed by atoms with van der Waals surface area (Å²) in [5.41, 5.74) is 8.20. The minimum atomic E-state index is -0.282. The molecule has 0 aromatic heterocycles. The summed E-state index contributed by atoms with van der Waals surface area (Å²) < 4.78 is 1.01. The van der Waals surface area contributed by atoms with Crippen LogP contribution in [0, 0.1) is 19.8 Å². The van der Waals surface area contributed by atoms with E-state index in [1.807, 2.05) is 24.3 Å². The Morgan fingerprint density at radius 3 is 2.14 bits per heavy atom. The van der Waals surface area contributed by atoms with Crippen LogP contribution in [-0.2, 0) is 10.2 Å². The maximum absolute atomic E-state index is 12.9. The van der Waals surface area contributed by atoms with Gasteiger partial charge in [0, 0.05) is 9.89 Å². The lowest BCUT2D eigenvalue weighted by atomic mass is 9.84. The zero-order valence-electron chi connectivity index (χ0n) is 16.5. The minimum absolute atomic E-state index is 0.0404. The molecular weight excluding hydrogens is 424 g/mol. The van der Waals surface area contributed by atoms with Crippen molar-refractivity contribution >= 4 is 28.1 Å². The van der Waals surface area contributed by atoms with E-state index in [9.17, 15) is 4.79 Å². The summed E-state index contributed by atoms with van der Waals surface area (Å²) in [7, 11) is 0. The van der Waals surface area contributed by atoms with Gasteiger partial charge in [-0.05, 0) is 49.1 Å². The van der Waals surface area contributed by atoms with Gasteiger partial charge in [-0.1, -0.05) is 87.7 Å². The first-order valence-electron chi connectivity index (χ1n) is 9.72. The Kier molecular flexibility index (Phi) is 5.37. The van der Waals surface area contributed by atoms with Crippen LogP contribution in [0.1, 0.15) is 34.2 Å². The molecule has 1 aliphatic carbocycles. The molecule has 4 heteroatoms. The SMILES string of the molecule is Cc1cccc(C2(c3cccc(C)c3)C[C@H]2C(=O)N/N=C/c2ccc(Br)cc2)c1.